The maximum Gasteiger partial charge on any atom is 0.225 e. The van der Waals surface area contributed by atoms with E-state index in [4.69, 9.17) is 0 Å². The zero-order valence-electron chi connectivity index (χ0n) is 17.5. The molecule has 0 spiro atoms. The number of carbonyl (C=O) groups is 1. The van der Waals surface area contributed by atoms with Crippen LogP contribution >= 0.6 is 11.8 Å². The standard InChI is InChI=1S/C23H34N4OS/c1-24-22(25-17-23(13-14-23)29-20-10-6-3-7-11-20)26-19-12-15-27(16-19)21(28)18-8-4-2-5-9-18/h3,6-7,10-11,18-19H,2,4-5,8-9,12-17H2,1H3,(H2,24,25,26). The van der Waals surface area contributed by atoms with Gasteiger partial charge >= 0.3 is 0 Å². The Morgan fingerprint density at radius 1 is 1.17 bits per heavy atom. The van der Waals surface area contributed by atoms with Crippen LogP contribution in [0.2, 0.25) is 0 Å². The van der Waals surface area contributed by atoms with Gasteiger partial charge in [0.05, 0.1) is 0 Å². The second kappa shape index (κ2) is 9.41. The Morgan fingerprint density at radius 3 is 2.62 bits per heavy atom. The number of benzene rings is 1. The molecule has 1 unspecified atom stereocenters. The fraction of sp³-hybridized carbons (Fsp3) is 0.652. The quantitative estimate of drug-likeness (QED) is 0.551. The Hall–Kier alpha value is -1.69. The SMILES string of the molecule is CN=C(NCC1(Sc2ccccc2)CC1)NC1CCN(C(=O)C2CCCCC2)C1. The van der Waals surface area contributed by atoms with Crippen LogP contribution < -0.4 is 10.6 Å². The largest absolute Gasteiger partial charge is 0.355 e. The van der Waals surface area contributed by atoms with Gasteiger partial charge in [0.15, 0.2) is 5.96 Å². The Kier molecular flexibility index (Phi) is 6.68. The molecule has 1 heterocycles. The van der Waals surface area contributed by atoms with E-state index in [1.54, 1.807) is 0 Å². The summed E-state index contributed by atoms with van der Waals surface area (Å²) < 4.78 is 0.289. The van der Waals surface area contributed by atoms with Crippen LogP contribution in [-0.2, 0) is 4.79 Å². The van der Waals surface area contributed by atoms with Crippen molar-refractivity contribution in [3.05, 3.63) is 30.3 Å². The van der Waals surface area contributed by atoms with Gasteiger partial charge in [0.1, 0.15) is 0 Å². The number of guanidine groups is 1. The van der Waals surface area contributed by atoms with Gasteiger partial charge in [-0.3, -0.25) is 9.79 Å². The minimum absolute atomic E-state index is 0.268. The zero-order chi connectivity index (χ0) is 20.1. The van der Waals surface area contributed by atoms with Crippen molar-refractivity contribution in [3.63, 3.8) is 0 Å². The summed E-state index contributed by atoms with van der Waals surface area (Å²) in [6.07, 6.45) is 9.36. The van der Waals surface area contributed by atoms with Crippen LogP contribution in [0, 0.1) is 5.92 Å². The number of likely N-dealkylation sites (tertiary alicyclic amines) is 1. The summed E-state index contributed by atoms with van der Waals surface area (Å²) in [5, 5.41) is 7.09. The van der Waals surface area contributed by atoms with Gasteiger partial charge in [0, 0.05) is 48.3 Å². The predicted octanol–water partition coefficient (Wildman–Crippen LogP) is 3.66. The summed E-state index contributed by atoms with van der Waals surface area (Å²) in [5.41, 5.74) is 0. The number of thioether (sulfide) groups is 1. The third-order valence-corrected chi connectivity index (χ3v) is 7.98. The summed E-state index contributed by atoms with van der Waals surface area (Å²) in [6.45, 7) is 2.60. The number of hydrogen-bond acceptors (Lipinski definition) is 3. The molecule has 0 radical (unpaired) electrons. The summed E-state index contributed by atoms with van der Waals surface area (Å²) in [7, 11) is 1.83. The molecule has 1 aliphatic heterocycles. The molecule has 1 aromatic carbocycles. The van der Waals surface area contributed by atoms with Gasteiger partial charge in [-0.05, 0) is 44.2 Å². The Morgan fingerprint density at radius 2 is 1.93 bits per heavy atom. The number of carbonyl (C=O) groups excluding carboxylic acids is 1. The molecule has 5 nitrogen and oxygen atoms in total. The van der Waals surface area contributed by atoms with Crippen molar-refractivity contribution in [2.45, 2.75) is 67.1 Å². The van der Waals surface area contributed by atoms with Gasteiger partial charge in [0.25, 0.3) is 0 Å². The Labute approximate surface area is 179 Å². The van der Waals surface area contributed by atoms with Gasteiger partial charge in [-0.1, -0.05) is 37.5 Å². The summed E-state index contributed by atoms with van der Waals surface area (Å²) in [5.74, 6) is 1.51. The second-order valence-electron chi connectivity index (χ2n) is 8.77. The first-order chi connectivity index (χ1) is 14.2. The maximum absolute atomic E-state index is 12.8. The number of amides is 1. The molecule has 4 rings (SSSR count). The lowest BCUT2D eigenvalue weighted by atomic mass is 9.88. The zero-order valence-corrected chi connectivity index (χ0v) is 18.3. The van der Waals surface area contributed by atoms with E-state index in [2.05, 4.69) is 50.9 Å². The monoisotopic (exact) mass is 414 g/mol. The van der Waals surface area contributed by atoms with Crippen molar-refractivity contribution in [3.8, 4) is 0 Å². The molecule has 6 heteroatoms. The molecule has 0 bridgehead atoms. The smallest absolute Gasteiger partial charge is 0.225 e. The molecule has 2 saturated carbocycles. The Balaban J connectivity index is 1.23. The van der Waals surface area contributed by atoms with Gasteiger partial charge in [-0.15, -0.1) is 11.8 Å². The van der Waals surface area contributed by atoms with Crippen LogP contribution in [0.1, 0.15) is 51.4 Å². The molecule has 1 amide bonds. The van der Waals surface area contributed by atoms with Crippen molar-refractivity contribution in [2.24, 2.45) is 10.9 Å². The van der Waals surface area contributed by atoms with Crippen LogP contribution in [0.25, 0.3) is 0 Å². The van der Waals surface area contributed by atoms with E-state index in [-0.39, 0.29) is 10.7 Å². The third kappa shape index (κ3) is 5.47. The second-order valence-corrected chi connectivity index (χ2v) is 10.3. The molecule has 2 aliphatic carbocycles. The molecular formula is C23H34N4OS. The number of nitrogens with one attached hydrogen (secondary N) is 2. The molecule has 1 atom stereocenters. The average Bonchev–Trinajstić information content (AvgIpc) is 3.37. The summed E-state index contributed by atoms with van der Waals surface area (Å²) >= 11 is 1.97. The van der Waals surface area contributed by atoms with Crippen LogP contribution in [0.3, 0.4) is 0 Å². The van der Waals surface area contributed by atoms with Gasteiger partial charge in [0.2, 0.25) is 5.91 Å². The van der Waals surface area contributed by atoms with E-state index >= 15 is 0 Å². The van der Waals surface area contributed by atoms with E-state index in [0.717, 1.165) is 44.9 Å². The third-order valence-electron chi connectivity index (χ3n) is 6.48. The first-order valence-corrected chi connectivity index (χ1v) is 12.0. The molecule has 0 aromatic heterocycles. The van der Waals surface area contributed by atoms with Gasteiger partial charge in [-0.25, -0.2) is 0 Å². The molecule has 3 fully saturated rings. The molecule has 1 aromatic rings. The number of nitrogens with zero attached hydrogens (tertiary/aromatic N) is 2. The number of aliphatic imine (C=N–C) groups is 1. The topological polar surface area (TPSA) is 56.7 Å². The van der Waals surface area contributed by atoms with E-state index in [1.807, 2.05) is 18.8 Å². The lowest BCUT2D eigenvalue weighted by Crippen LogP contribution is -2.47. The normalized spacial score (nSPS) is 24.4. The minimum Gasteiger partial charge on any atom is -0.355 e. The number of rotatable bonds is 6. The predicted molar refractivity (Wildman–Crippen MR) is 120 cm³/mol. The van der Waals surface area contributed by atoms with Gasteiger partial charge < -0.3 is 15.5 Å². The highest BCUT2D eigenvalue weighted by molar-refractivity contribution is 8.01. The molecule has 29 heavy (non-hydrogen) atoms. The first kappa shape index (κ1) is 20.6. The fourth-order valence-electron chi connectivity index (χ4n) is 4.51. The van der Waals surface area contributed by atoms with Crippen LogP contribution in [0.15, 0.2) is 40.2 Å². The lowest BCUT2D eigenvalue weighted by molar-refractivity contribution is -0.135. The Bertz CT molecular complexity index is 713. The molecular weight excluding hydrogens is 380 g/mol. The van der Waals surface area contributed by atoms with Crippen molar-refractivity contribution >= 4 is 23.6 Å². The molecule has 1 saturated heterocycles. The van der Waals surface area contributed by atoms with E-state index in [0.29, 0.717) is 11.9 Å². The van der Waals surface area contributed by atoms with Crippen molar-refractivity contribution in [2.75, 3.05) is 26.7 Å². The molecule has 2 N–H and O–H groups in total. The first-order valence-electron chi connectivity index (χ1n) is 11.2. The summed E-state index contributed by atoms with van der Waals surface area (Å²) in [6, 6.07) is 10.9. The molecule has 158 valence electrons. The lowest BCUT2D eigenvalue weighted by Gasteiger charge is -2.26. The molecule has 3 aliphatic rings. The van der Waals surface area contributed by atoms with Crippen molar-refractivity contribution in [1.29, 1.82) is 0 Å². The van der Waals surface area contributed by atoms with Crippen molar-refractivity contribution in [1.82, 2.24) is 15.5 Å². The van der Waals surface area contributed by atoms with Gasteiger partial charge in [-0.2, -0.15) is 0 Å². The summed E-state index contributed by atoms with van der Waals surface area (Å²) in [4.78, 5) is 20.6. The van der Waals surface area contributed by atoms with Crippen LogP contribution in [0.4, 0.5) is 0 Å². The van der Waals surface area contributed by atoms with E-state index < -0.39 is 0 Å². The highest BCUT2D eigenvalue weighted by atomic mass is 32.2. The average molecular weight is 415 g/mol. The van der Waals surface area contributed by atoms with Crippen LogP contribution in [-0.4, -0.2) is 54.2 Å². The van der Waals surface area contributed by atoms with Crippen LogP contribution in [0.5, 0.6) is 0 Å². The highest BCUT2D eigenvalue weighted by Gasteiger charge is 2.43. The van der Waals surface area contributed by atoms with E-state index in [1.165, 1.54) is 37.0 Å². The maximum atomic E-state index is 12.8. The van der Waals surface area contributed by atoms with Crippen molar-refractivity contribution < 1.29 is 4.79 Å². The number of hydrogen-bond donors (Lipinski definition) is 2. The van der Waals surface area contributed by atoms with E-state index in [9.17, 15) is 4.79 Å². The highest BCUT2D eigenvalue weighted by Crippen LogP contribution is 2.51. The fourth-order valence-corrected chi connectivity index (χ4v) is 5.76. The minimum atomic E-state index is 0.268.